The second kappa shape index (κ2) is 8.31. The fourth-order valence-corrected chi connectivity index (χ4v) is 2.87. The molecule has 7 heteroatoms. The topological polar surface area (TPSA) is 85.3 Å². The first-order chi connectivity index (χ1) is 13.3. The zero-order chi connectivity index (χ0) is 20.3. The van der Waals surface area contributed by atoms with Gasteiger partial charge in [0.05, 0.1) is 11.0 Å². The summed E-state index contributed by atoms with van der Waals surface area (Å²) in [6, 6.07) is 14.6. The largest absolute Gasteiger partial charge is 0.419 e. The van der Waals surface area contributed by atoms with E-state index in [-0.39, 0.29) is 11.7 Å². The zero-order valence-electron chi connectivity index (χ0n) is 16.5. The fourth-order valence-electron chi connectivity index (χ4n) is 2.87. The van der Waals surface area contributed by atoms with E-state index >= 15 is 0 Å². The Morgan fingerprint density at radius 3 is 2.25 bits per heavy atom. The van der Waals surface area contributed by atoms with Gasteiger partial charge in [-0.05, 0) is 43.1 Å². The molecule has 3 aromatic rings. The average molecular weight is 380 g/mol. The molecule has 0 radical (unpaired) electrons. The molecule has 0 spiro atoms. The standard InChI is InChI=1S/C21H24N4O3/c1-14(2)17-7-5-16(6-8-17)13-24(4)15(3)20-22-23-21(28-20)18-9-11-19(12-10-18)25(26)27/h5-12,14-15H,13H2,1-4H3/t15-/m0/s1. The van der Waals surface area contributed by atoms with E-state index < -0.39 is 4.92 Å². The quantitative estimate of drug-likeness (QED) is 0.425. The first-order valence-corrected chi connectivity index (χ1v) is 9.22. The van der Waals surface area contributed by atoms with Crippen LogP contribution in [-0.4, -0.2) is 27.1 Å². The van der Waals surface area contributed by atoms with Crippen molar-refractivity contribution in [3.05, 3.63) is 75.7 Å². The summed E-state index contributed by atoms with van der Waals surface area (Å²) in [5, 5.41) is 19.0. The van der Waals surface area contributed by atoms with Gasteiger partial charge in [0.2, 0.25) is 11.8 Å². The van der Waals surface area contributed by atoms with Gasteiger partial charge in [-0.1, -0.05) is 38.1 Å². The van der Waals surface area contributed by atoms with E-state index in [1.165, 1.54) is 23.3 Å². The highest BCUT2D eigenvalue weighted by atomic mass is 16.6. The van der Waals surface area contributed by atoms with E-state index in [1.807, 2.05) is 14.0 Å². The van der Waals surface area contributed by atoms with Gasteiger partial charge in [-0.25, -0.2) is 0 Å². The lowest BCUT2D eigenvalue weighted by atomic mass is 10.0. The smallest absolute Gasteiger partial charge is 0.269 e. The second-order valence-corrected chi connectivity index (χ2v) is 7.24. The number of nitro groups is 1. The van der Waals surface area contributed by atoms with Crippen molar-refractivity contribution in [2.75, 3.05) is 7.05 Å². The summed E-state index contributed by atoms with van der Waals surface area (Å²) in [5.74, 6) is 1.38. The lowest BCUT2D eigenvalue weighted by molar-refractivity contribution is -0.384. The van der Waals surface area contributed by atoms with Crippen LogP contribution in [0.5, 0.6) is 0 Å². The molecule has 0 amide bonds. The van der Waals surface area contributed by atoms with E-state index in [1.54, 1.807) is 12.1 Å². The second-order valence-electron chi connectivity index (χ2n) is 7.24. The molecule has 0 saturated carbocycles. The monoisotopic (exact) mass is 380 g/mol. The minimum absolute atomic E-state index is 0.0278. The predicted octanol–water partition coefficient (Wildman–Crippen LogP) is 4.96. The van der Waals surface area contributed by atoms with Gasteiger partial charge in [0.1, 0.15) is 0 Å². The maximum absolute atomic E-state index is 10.8. The Labute approximate surface area is 164 Å². The summed E-state index contributed by atoms with van der Waals surface area (Å²) in [6.07, 6.45) is 0. The summed E-state index contributed by atoms with van der Waals surface area (Å²) < 4.78 is 5.81. The van der Waals surface area contributed by atoms with Gasteiger partial charge in [0.15, 0.2) is 0 Å². The molecule has 0 aliphatic rings. The van der Waals surface area contributed by atoms with Crippen LogP contribution < -0.4 is 0 Å². The van der Waals surface area contributed by atoms with Gasteiger partial charge < -0.3 is 4.42 Å². The Morgan fingerprint density at radius 1 is 1.04 bits per heavy atom. The Morgan fingerprint density at radius 2 is 1.68 bits per heavy atom. The summed E-state index contributed by atoms with van der Waals surface area (Å²) >= 11 is 0. The molecule has 0 bridgehead atoms. The molecular formula is C21H24N4O3. The third kappa shape index (κ3) is 4.43. The van der Waals surface area contributed by atoms with Gasteiger partial charge in [-0.3, -0.25) is 15.0 Å². The molecule has 2 aromatic carbocycles. The van der Waals surface area contributed by atoms with Crippen LogP contribution in [-0.2, 0) is 6.54 Å². The van der Waals surface area contributed by atoms with E-state index in [9.17, 15) is 10.1 Å². The first kappa shape index (κ1) is 19.7. The van der Waals surface area contributed by atoms with Crippen LogP contribution in [0.25, 0.3) is 11.5 Å². The molecule has 0 N–H and O–H groups in total. The van der Waals surface area contributed by atoms with Crippen molar-refractivity contribution in [3.63, 3.8) is 0 Å². The molecule has 0 aliphatic carbocycles. The fraction of sp³-hybridized carbons (Fsp3) is 0.333. The van der Waals surface area contributed by atoms with E-state index in [0.717, 1.165) is 6.54 Å². The van der Waals surface area contributed by atoms with Crippen LogP contribution in [0.3, 0.4) is 0 Å². The van der Waals surface area contributed by atoms with Crippen LogP contribution in [0, 0.1) is 10.1 Å². The highest BCUT2D eigenvalue weighted by molar-refractivity contribution is 5.55. The van der Waals surface area contributed by atoms with E-state index in [2.05, 4.69) is 53.2 Å². The van der Waals surface area contributed by atoms with Crippen molar-refractivity contribution in [2.24, 2.45) is 0 Å². The molecular weight excluding hydrogens is 356 g/mol. The Balaban J connectivity index is 1.68. The van der Waals surface area contributed by atoms with Crippen molar-refractivity contribution in [1.82, 2.24) is 15.1 Å². The minimum Gasteiger partial charge on any atom is -0.419 e. The number of rotatable bonds is 7. The Bertz CT molecular complexity index is 933. The number of nitro benzene ring substituents is 1. The predicted molar refractivity (Wildman–Crippen MR) is 107 cm³/mol. The van der Waals surface area contributed by atoms with Crippen LogP contribution in [0.2, 0.25) is 0 Å². The normalized spacial score (nSPS) is 12.5. The average Bonchev–Trinajstić information content (AvgIpc) is 3.18. The van der Waals surface area contributed by atoms with Crippen LogP contribution in [0.1, 0.15) is 49.7 Å². The molecule has 0 unspecified atom stereocenters. The number of hydrogen-bond acceptors (Lipinski definition) is 6. The molecule has 146 valence electrons. The van der Waals surface area contributed by atoms with Gasteiger partial charge in [0.25, 0.3) is 5.69 Å². The SMILES string of the molecule is CC(C)c1ccc(CN(C)[C@@H](C)c2nnc(-c3ccc([N+](=O)[O-])cc3)o2)cc1. The van der Waals surface area contributed by atoms with Crippen LogP contribution in [0.15, 0.2) is 52.9 Å². The van der Waals surface area contributed by atoms with E-state index in [0.29, 0.717) is 23.3 Å². The first-order valence-electron chi connectivity index (χ1n) is 9.22. The molecule has 1 aromatic heterocycles. The van der Waals surface area contributed by atoms with E-state index in [4.69, 9.17) is 4.42 Å². The number of hydrogen-bond donors (Lipinski definition) is 0. The minimum atomic E-state index is -0.437. The summed E-state index contributed by atoms with van der Waals surface area (Å²) in [6.45, 7) is 7.13. The molecule has 0 fully saturated rings. The number of benzene rings is 2. The third-order valence-corrected chi connectivity index (χ3v) is 4.86. The van der Waals surface area contributed by atoms with Crippen molar-refractivity contribution in [1.29, 1.82) is 0 Å². The van der Waals surface area contributed by atoms with Crippen LogP contribution in [0.4, 0.5) is 5.69 Å². The Kier molecular flexibility index (Phi) is 5.84. The summed E-state index contributed by atoms with van der Waals surface area (Å²) in [5.41, 5.74) is 3.22. The van der Waals surface area contributed by atoms with Crippen LogP contribution >= 0.6 is 0 Å². The van der Waals surface area contributed by atoms with Crippen molar-refractivity contribution >= 4 is 5.69 Å². The van der Waals surface area contributed by atoms with Gasteiger partial charge in [-0.2, -0.15) is 0 Å². The lowest BCUT2D eigenvalue weighted by Crippen LogP contribution is -2.22. The molecule has 0 saturated heterocycles. The molecule has 1 atom stereocenters. The molecule has 7 nitrogen and oxygen atoms in total. The zero-order valence-corrected chi connectivity index (χ0v) is 16.5. The van der Waals surface area contributed by atoms with Gasteiger partial charge >= 0.3 is 0 Å². The number of aromatic nitrogens is 2. The summed E-state index contributed by atoms with van der Waals surface area (Å²) in [4.78, 5) is 12.5. The highest BCUT2D eigenvalue weighted by Gasteiger charge is 2.20. The van der Waals surface area contributed by atoms with Crippen molar-refractivity contribution in [3.8, 4) is 11.5 Å². The molecule has 3 rings (SSSR count). The third-order valence-electron chi connectivity index (χ3n) is 4.86. The number of non-ortho nitro benzene ring substituents is 1. The summed E-state index contributed by atoms with van der Waals surface area (Å²) in [7, 11) is 2.01. The molecule has 0 aliphatic heterocycles. The maximum Gasteiger partial charge on any atom is 0.269 e. The maximum atomic E-state index is 10.8. The van der Waals surface area contributed by atoms with Crippen molar-refractivity contribution < 1.29 is 9.34 Å². The van der Waals surface area contributed by atoms with Gasteiger partial charge in [-0.15, -0.1) is 10.2 Å². The highest BCUT2D eigenvalue weighted by Crippen LogP contribution is 2.26. The molecule has 28 heavy (non-hydrogen) atoms. The lowest BCUT2D eigenvalue weighted by Gasteiger charge is -2.22. The van der Waals surface area contributed by atoms with Gasteiger partial charge in [0, 0.05) is 24.2 Å². The molecule has 1 heterocycles. The van der Waals surface area contributed by atoms with Crippen molar-refractivity contribution in [2.45, 2.75) is 39.3 Å². The number of nitrogens with zero attached hydrogens (tertiary/aromatic N) is 4. The Hall–Kier alpha value is -3.06.